The van der Waals surface area contributed by atoms with Crippen molar-refractivity contribution >= 4 is 23.1 Å². The monoisotopic (exact) mass is 686 g/mol. The molecule has 1 aliphatic heterocycles. The van der Waals surface area contributed by atoms with Crippen molar-refractivity contribution in [3.63, 3.8) is 0 Å². The molecule has 0 saturated carbocycles. The predicted molar refractivity (Wildman–Crippen MR) is 178 cm³/mol. The molecule has 0 atom stereocenters. The van der Waals surface area contributed by atoms with Gasteiger partial charge in [-0.1, -0.05) is 12.1 Å². The molecular formula is C38H34F4N4O4. The third kappa shape index (κ3) is 8.15. The number of halogens is 4. The number of ketones is 2. The number of aromatic nitrogens is 2. The van der Waals surface area contributed by atoms with Gasteiger partial charge in [0.05, 0.1) is 25.0 Å². The van der Waals surface area contributed by atoms with E-state index in [1.165, 1.54) is 40.9 Å². The van der Waals surface area contributed by atoms with Gasteiger partial charge in [0, 0.05) is 44.2 Å². The Bertz CT molecular complexity index is 2060. The van der Waals surface area contributed by atoms with Gasteiger partial charge >= 0.3 is 0 Å². The fourth-order valence-corrected chi connectivity index (χ4v) is 5.92. The zero-order valence-corrected chi connectivity index (χ0v) is 27.1. The lowest BCUT2D eigenvalue weighted by molar-refractivity contribution is 0.0371. The highest BCUT2D eigenvalue weighted by Crippen LogP contribution is 2.25. The average Bonchev–Trinajstić information content (AvgIpc) is 3.55. The van der Waals surface area contributed by atoms with E-state index in [-0.39, 0.29) is 47.6 Å². The SMILES string of the molecule is O=C(NCc1ccc(F)c(F)c1)c1ccc(F)c(CC(=O)c2cnc3cc(-c4ccc(C(=O)CCCCN5CCOCC5)c(F)c4)ccn23)c1. The Balaban J connectivity index is 1.08. The molecule has 1 fully saturated rings. The summed E-state index contributed by atoms with van der Waals surface area (Å²) in [5.41, 5.74) is 2.20. The summed E-state index contributed by atoms with van der Waals surface area (Å²) < 4.78 is 63.4. The second-order valence-electron chi connectivity index (χ2n) is 12.2. The van der Waals surface area contributed by atoms with Gasteiger partial charge in [0.25, 0.3) is 5.91 Å². The average molecular weight is 687 g/mol. The molecular weight excluding hydrogens is 652 g/mol. The number of Topliss-reactive ketones (excluding diaryl/α,β-unsaturated/α-hetero) is 2. The van der Waals surface area contributed by atoms with Crippen LogP contribution in [0.5, 0.6) is 0 Å². The van der Waals surface area contributed by atoms with Crippen molar-refractivity contribution in [2.24, 2.45) is 0 Å². The van der Waals surface area contributed by atoms with E-state index in [0.717, 1.165) is 57.5 Å². The molecule has 6 rings (SSSR count). The Kier molecular flexibility index (Phi) is 10.8. The van der Waals surface area contributed by atoms with Crippen molar-refractivity contribution < 1.29 is 36.7 Å². The number of ether oxygens (including phenoxy) is 1. The number of pyridine rings is 1. The quantitative estimate of drug-likeness (QED) is 0.0853. The number of fused-ring (bicyclic) bond motifs is 1. The molecule has 0 unspecified atom stereocenters. The van der Waals surface area contributed by atoms with E-state index >= 15 is 4.39 Å². The van der Waals surface area contributed by atoms with Crippen LogP contribution in [0.25, 0.3) is 16.8 Å². The Hall–Kier alpha value is -5.20. The van der Waals surface area contributed by atoms with Gasteiger partial charge in [0.1, 0.15) is 23.0 Å². The van der Waals surface area contributed by atoms with E-state index in [1.807, 2.05) is 0 Å². The van der Waals surface area contributed by atoms with Crippen molar-refractivity contribution in [2.45, 2.75) is 32.2 Å². The summed E-state index contributed by atoms with van der Waals surface area (Å²) in [6.45, 7) is 4.01. The highest BCUT2D eigenvalue weighted by molar-refractivity contribution is 5.98. The maximum absolute atomic E-state index is 15.1. The lowest BCUT2D eigenvalue weighted by atomic mass is 10.00. The molecule has 1 amide bonds. The van der Waals surface area contributed by atoms with Crippen LogP contribution in [0.1, 0.15) is 61.6 Å². The van der Waals surface area contributed by atoms with Crippen molar-refractivity contribution in [3.8, 4) is 11.1 Å². The molecule has 5 aromatic rings. The van der Waals surface area contributed by atoms with Crippen LogP contribution in [-0.4, -0.2) is 64.6 Å². The van der Waals surface area contributed by atoms with E-state index in [2.05, 4.69) is 15.2 Å². The van der Waals surface area contributed by atoms with Crippen molar-refractivity contribution in [1.82, 2.24) is 19.6 Å². The number of nitrogens with one attached hydrogen (secondary N) is 1. The summed E-state index contributed by atoms with van der Waals surface area (Å²) in [4.78, 5) is 45.3. The van der Waals surface area contributed by atoms with E-state index in [1.54, 1.807) is 24.4 Å². The maximum Gasteiger partial charge on any atom is 0.251 e. The molecule has 8 nitrogen and oxygen atoms in total. The first-order valence-corrected chi connectivity index (χ1v) is 16.3. The Labute approximate surface area is 285 Å². The summed E-state index contributed by atoms with van der Waals surface area (Å²) in [7, 11) is 0. The van der Waals surface area contributed by atoms with E-state index in [0.29, 0.717) is 28.8 Å². The Morgan fingerprint density at radius 2 is 1.56 bits per heavy atom. The highest BCUT2D eigenvalue weighted by Gasteiger charge is 2.19. The molecule has 12 heteroatoms. The van der Waals surface area contributed by atoms with Crippen LogP contribution in [0.4, 0.5) is 17.6 Å². The number of benzene rings is 3. The van der Waals surface area contributed by atoms with Crippen LogP contribution in [0.3, 0.4) is 0 Å². The summed E-state index contributed by atoms with van der Waals surface area (Å²) in [6, 6.07) is 14.7. The smallest absolute Gasteiger partial charge is 0.251 e. The highest BCUT2D eigenvalue weighted by atomic mass is 19.2. The van der Waals surface area contributed by atoms with Crippen LogP contribution < -0.4 is 5.32 Å². The molecule has 3 aromatic carbocycles. The Morgan fingerprint density at radius 1 is 0.780 bits per heavy atom. The van der Waals surface area contributed by atoms with Gasteiger partial charge in [-0.25, -0.2) is 22.5 Å². The minimum Gasteiger partial charge on any atom is -0.379 e. The lowest BCUT2D eigenvalue weighted by Gasteiger charge is -2.26. The zero-order chi connectivity index (χ0) is 35.2. The van der Waals surface area contributed by atoms with Gasteiger partial charge in [-0.05, 0) is 96.2 Å². The topological polar surface area (TPSA) is 93.0 Å². The first-order chi connectivity index (χ1) is 24.2. The molecule has 1 aliphatic rings. The number of nitrogens with zero attached hydrogens (tertiary/aromatic N) is 3. The second kappa shape index (κ2) is 15.6. The number of hydrogen-bond acceptors (Lipinski definition) is 6. The number of rotatable bonds is 13. The normalized spacial score (nSPS) is 13.4. The van der Waals surface area contributed by atoms with Gasteiger partial charge in [-0.15, -0.1) is 0 Å². The number of imidazole rings is 1. The molecule has 2 aromatic heterocycles. The molecule has 1 saturated heterocycles. The molecule has 1 N–H and O–H groups in total. The number of carbonyl (C=O) groups is 3. The van der Waals surface area contributed by atoms with Crippen LogP contribution in [0.2, 0.25) is 0 Å². The van der Waals surface area contributed by atoms with Crippen LogP contribution >= 0.6 is 0 Å². The van der Waals surface area contributed by atoms with Crippen LogP contribution in [0.15, 0.2) is 79.1 Å². The number of amides is 1. The van der Waals surface area contributed by atoms with E-state index in [4.69, 9.17) is 4.74 Å². The van der Waals surface area contributed by atoms with Crippen LogP contribution in [0, 0.1) is 23.3 Å². The summed E-state index contributed by atoms with van der Waals surface area (Å²) in [5, 5.41) is 2.57. The molecule has 0 aliphatic carbocycles. The number of morpholine rings is 1. The minimum absolute atomic E-state index is 0.00994. The minimum atomic E-state index is -1.04. The Morgan fingerprint density at radius 3 is 2.34 bits per heavy atom. The number of carbonyl (C=O) groups excluding carboxylic acids is 3. The van der Waals surface area contributed by atoms with Crippen LogP contribution in [-0.2, 0) is 17.7 Å². The van der Waals surface area contributed by atoms with Crippen molar-refractivity contribution in [2.75, 3.05) is 32.8 Å². The van der Waals surface area contributed by atoms with Crippen molar-refractivity contribution in [1.29, 1.82) is 0 Å². The molecule has 50 heavy (non-hydrogen) atoms. The summed E-state index contributed by atoms with van der Waals surface area (Å²) in [5.74, 6) is -4.62. The molecule has 0 bridgehead atoms. The third-order valence-corrected chi connectivity index (χ3v) is 8.73. The fraction of sp³-hybridized carbons (Fsp3) is 0.263. The second-order valence-corrected chi connectivity index (χ2v) is 12.2. The van der Waals surface area contributed by atoms with E-state index in [9.17, 15) is 27.6 Å². The molecule has 0 radical (unpaired) electrons. The van der Waals surface area contributed by atoms with Crippen molar-refractivity contribution in [3.05, 3.63) is 130 Å². The van der Waals surface area contributed by atoms with Gasteiger partial charge in [-0.3, -0.25) is 23.7 Å². The first kappa shape index (κ1) is 34.7. The zero-order valence-electron chi connectivity index (χ0n) is 27.1. The summed E-state index contributed by atoms with van der Waals surface area (Å²) in [6.07, 6.45) is 4.39. The third-order valence-electron chi connectivity index (χ3n) is 8.73. The maximum atomic E-state index is 15.1. The first-order valence-electron chi connectivity index (χ1n) is 16.3. The molecule has 258 valence electrons. The largest absolute Gasteiger partial charge is 0.379 e. The van der Waals surface area contributed by atoms with Gasteiger partial charge in [-0.2, -0.15) is 0 Å². The van der Waals surface area contributed by atoms with Gasteiger partial charge < -0.3 is 10.1 Å². The molecule has 3 heterocycles. The van der Waals surface area contributed by atoms with Gasteiger partial charge in [0.15, 0.2) is 23.2 Å². The fourth-order valence-electron chi connectivity index (χ4n) is 5.92. The number of hydrogen-bond donors (Lipinski definition) is 1. The van der Waals surface area contributed by atoms with Gasteiger partial charge in [0.2, 0.25) is 0 Å². The van der Waals surface area contributed by atoms with E-state index < -0.39 is 35.0 Å². The standard InChI is InChI=1S/C38H34F4N4O4/c39-30-9-6-27(38(49)44-22-24-4-8-31(40)33(42)17-24)18-28(30)20-36(48)34-23-43-37-21-26(10-12-46(34)37)25-5-7-29(32(41)19-25)35(47)3-1-2-11-45-13-15-50-16-14-45/h4-10,12,17-19,21,23H,1-3,11,13-16,20,22H2,(H,44,49). The summed E-state index contributed by atoms with van der Waals surface area (Å²) >= 11 is 0. The lowest BCUT2D eigenvalue weighted by Crippen LogP contribution is -2.36. The predicted octanol–water partition coefficient (Wildman–Crippen LogP) is 6.60. The molecule has 0 spiro atoms. The number of unbranched alkanes of at least 4 members (excludes halogenated alkanes) is 1.